The van der Waals surface area contributed by atoms with Crippen LogP contribution in [0.3, 0.4) is 0 Å². The van der Waals surface area contributed by atoms with E-state index >= 15 is 0 Å². The first kappa shape index (κ1) is 13.9. The minimum absolute atomic E-state index is 0.880. The van der Waals surface area contributed by atoms with Crippen LogP contribution < -0.4 is 4.57 Å². The van der Waals surface area contributed by atoms with Crippen LogP contribution in [0.5, 0.6) is 0 Å². The number of carboxylic acid groups (broad SMARTS) is 1. The van der Waals surface area contributed by atoms with Gasteiger partial charge in [-0.1, -0.05) is 0 Å². The fourth-order valence-electron chi connectivity index (χ4n) is 2.09. The summed E-state index contributed by atoms with van der Waals surface area (Å²) >= 11 is 0. The number of aliphatic carboxylic acids is 1. The van der Waals surface area contributed by atoms with Crippen LogP contribution in [0.15, 0.2) is 24.5 Å². The smallest absolute Gasteiger partial charge is 0.335 e. The highest BCUT2D eigenvalue weighted by atomic mass is 16.6. The van der Waals surface area contributed by atoms with Crippen LogP contribution in [0, 0.1) is 6.92 Å². The molecule has 1 aliphatic rings. The molecular weight excluding hydrogens is 254 g/mol. The summed E-state index contributed by atoms with van der Waals surface area (Å²) in [5, 5.41) is 38.1. The third kappa shape index (κ3) is 2.59. The van der Waals surface area contributed by atoms with Crippen molar-refractivity contribution in [2.24, 2.45) is 0 Å². The van der Waals surface area contributed by atoms with Gasteiger partial charge in [0.15, 0.2) is 24.6 Å². The number of aromatic nitrogens is 1. The molecule has 0 radical (unpaired) electrons. The first-order valence-electron chi connectivity index (χ1n) is 5.81. The molecule has 0 unspecified atom stereocenters. The maximum absolute atomic E-state index is 11.0. The lowest BCUT2D eigenvalue weighted by Gasteiger charge is -2.35. The molecular formula is C12H16NO6+. The van der Waals surface area contributed by atoms with Gasteiger partial charge in [0.1, 0.15) is 12.2 Å². The molecule has 104 valence electrons. The van der Waals surface area contributed by atoms with Crippen LogP contribution >= 0.6 is 0 Å². The maximum atomic E-state index is 11.0. The summed E-state index contributed by atoms with van der Waals surface area (Å²) in [5.41, 5.74) is 0.880. The van der Waals surface area contributed by atoms with E-state index in [-0.39, 0.29) is 0 Å². The van der Waals surface area contributed by atoms with Crippen LogP contribution in [0.1, 0.15) is 11.8 Å². The molecule has 1 aliphatic heterocycles. The van der Waals surface area contributed by atoms with E-state index < -0.39 is 36.6 Å². The number of pyridine rings is 1. The summed E-state index contributed by atoms with van der Waals surface area (Å²) in [6.45, 7) is 1.83. The maximum Gasteiger partial charge on any atom is 0.335 e. The Morgan fingerprint density at radius 3 is 2.53 bits per heavy atom. The summed E-state index contributed by atoms with van der Waals surface area (Å²) in [4.78, 5) is 11.0. The molecule has 19 heavy (non-hydrogen) atoms. The first-order valence-corrected chi connectivity index (χ1v) is 5.81. The van der Waals surface area contributed by atoms with Crippen molar-refractivity contribution in [1.82, 2.24) is 0 Å². The number of aliphatic hydroxyl groups is 3. The fourth-order valence-corrected chi connectivity index (χ4v) is 2.09. The minimum Gasteiger partial charge on any atom is -0.479 e. The molecule has 1 aromatic heterocycles. The number of hydrogen-bond acceptors (Lipinski definition) is 5. The molecule has 7 nitrogen and oxygen atoms in total. The van der Waals surface area contributed by atoms with Crippen molar-refractivity contribution in [3.05, 3.63) is 30.1 Å². The lowest BCUT2D eigenvalue weighted by atomic mass is 9.98. The zero-order valence-corrected chi connectivity index (χ0v) is 10.2. The van der Waals surface area contributed by atoms with E-state index in [4.69, 9.17) is 9.84 Å². The van der Waals surface area contributed by atoms with E-state index in [2.05, 4.69) is 0 Å². The van der Waals surface area contributed by atoms with Gasteiger partial charge in [0, 0.05) is 11.6 Å². The average molecular weight is 270 g/mol. The molecule has 0 aliphatic carbocycles. The molecule has 1 saturated heterocycles. The predicted molar refractivity (Wildman–Crippen MR) is 60.9 cm³/mol. The Labute approximate surface area is 109 Å². The Morgan fingerprint density at radius 2 is 1.95 bits per heavy atom. The van der Waals surface area contributed by atoms with Gasteiger partial charge in [0.25, 0.3) is 6.23 Å². The van der Waals surface area contributed by atoms with Gasteiger partial charge in [0.05, 0.1) is 0 Å². The summed E-state index contributed by atoms with van der Waals surface area (Å²) in [6.07, 6.45) is -4.10. The Balaban J connectivity index is 2.32. The van der Waals surface area contributed by atoms with Gasteiger partial charge >= 0.3 is 5.97 Å². The van der Waals surface area contributed by atoms with Crippen molar-refractivity contribution in [3.63, 3.8) is 0 Å². The Morgan fingerprint density at radius 1 is 1.26 bits per heavy atom. The highest BCUT2D eigenvalue weighted by Crippen LogP contribution is 2.24. The average Bonchev–Trinajstić information content (AvgIpc) is 2.36. The predicted octanol–water partition coefficient (Wildman–Crippen LogP) is -1.65. The van der Waals surface area contributed by atoms with Gasteiger partial charge < -0.3 is 25.2 Å². The molecule has 2 heterocycles. The Hall–Kier alpha value is -1.54. The summed E-state index contributed by atoms with van der Waals surface area (Å²) in [6, 6.07) is 3.53. The van der Waals surface area contributed by atoms with Gasteiger partial charge in [-0.15, -0.1) is 0 Å². The van der Waals surface area contributed by atoms with Crippen molar-refractivity contribution in [3.8, 4) is 0 Å². The van der Waals surface area contributed by atoms with Crippen LogP contribution in [0.2, 0.25) is 0 Å². The van der Waals surface area contributed by atoms with Crippen molar-refractivity contribution >= 4 is 5.97 Å². The molecule has 5 atom stereocenters. The number of rotatable bonds is 2. The number of carbonyl (C=O) groups is 1. The van der Waals surface area contributed by atoms with Crippen molar-refractivity contribution in [2.45, 2.75) is 37.6 Å². The van der Waals surface area contributed by atoms with Crippen LogP contribution in [-0.4, -0.2) is 50.8 Å². The largest absolute Gasteiger partial charge is 0.479 e. The third-order valence-electron chi connectivity index (χ3n) is 3.10. The van der Waals surface area contributed by atoms with Gasteiger partial charge in [-0.25, -0.2) is 4.79 Å². The number of ether oxygens (including phenoxy) is 1. The Kier molecular flexibility index (Phi) is 3.81. The molecule has 0 amide bonds. The molecule has 7 heteroatoms. The molecule has 0 spiro atoms. The van der Waals surface area contributed by atoms with Crippen LogP contribution in [-0.2, 0) is 9.53 Å². The second-order valence-electron chi connectivity index (χ2n) is 4.59. The molecule has 0 bridgehead atoms. The monoisotopic (exact) mass is 270 g/mol. The second-order valence-corrected chi connectivity index (χ2v) is 4.59. The highest BCUT2D eigenvalue weighted by Gasteiger charge is 2.50. The zero-order valence-electron chi connectivity index (χ0n) is 10.2. The summed E-state index contributed by atoms with van der Waals surface area (Å²) in [5.74, 6) is -1.39. The number of aryl methyl sites for hydroxylation is 1. The second kappa shape index (κ2) is 5.22. The van der Waals surface area contributed by atoms with Crippen molar-refractivity contribution < 1.29 is 34.5 Å². The topological polar surface area (TPSA) is 111 Å². The van der Waals surface area contributed by atoms with Crippen molar-refractivity contribution in [1.29, 1.82) is 0 Å². The number of hydrogen-bond donors (Lipinski definition) is 4. The molecule has 2 rings (SSSR count). The van der Waals surface area contributed by atoms with Crippen LogP contribution in [0.4, 0.5) is 0 Å². The summed E-state index contributed by atoms with van der Waals surface area (Å²) < 4.78 is 6.65. The van der Waals surface area contributed by atoms with Gasteiger partial charge in [-0.3, -0.25) is 0 Å². The SMILES string of the molecule is Cc1ccc[n+]([C@@H]2O[C@H](C(=O)O)[C@@H](O)[C@H](O)[C@H]2O)c1. The number of nitrogens with zero attached hydrogens (tertiary/aromatic N) is 1. The normalized spacial score (nSPS) is 35.1. The van der Waals surface area contributed by atoms with Gasteiger partial charge in [0.2, 0.25) is 0 Å². The Bertz CT molecular complexity index is 479. The van der Waals surface area contributed by atoms with E-state index in [1.165, 1.54) is 4.57 Å². The molecule has 0 saturated carbocycles. The van der Waals surface area contributed by atoms with Crippen molar-refractivity contribution in [2.75, 3.05) is 0 Å². The molecule has 4 N–H and O–H groups in total. The quantitative estimate of drug-likeness (QED) is 0.479. The number of carboxylic acids is 1. The standard InChI is InChI=1S/C12H15NO6/c1-6-3-2-4-13(5-6)11-9(16)7(14)8(15)10(19-11)12(17)18/h2-5,7-11,14-16H,1H3/p+1/t7-,8-,9+,10-,11+/m0/s1. The lowest BCUT2D eigenvalue weighted by Crippen LogP contribution is -2.63. The van der Waals surface area contributed by atoms with E-state index in [1.54, 1.807) is 18.5 Å². The van der Waals surface area contributed by atoms with E-state index in [1.807, 2.05) is 13.0 Å². The number of aliphatic hydroxyl groups excluding tert-OH is 3. The molecule has 1 fully saturated rings. The summed E-state index contributed by atoms with van der Waals surface area (Å²) in [7, 11) is 0. The fraction of sp³-hybridized carbons (Fsp3) is 0.500. The molecule has 0 aromatic carbocycles. The zero-order chi connectivity index (χ0) is 14.2. The minimum atomic E-state index is -1.67. The first-order chi connectivity index (χ1) is 8.91. The molecule has 1 aromatic rings. The third-order valence-corrected chi connectivity index (χ3v) is 3.10. The van der Waals surface area contributed by atoms with E-state index in [9.17, 15) is 20.1 Å². The van der Waals surface area contributed by atoms with E-state index in [0.717, 1.165) is 5.56 Å². The highest BCUT2D eigenvalue weighted by molar-refractivity contribution is 5.73. The van der Waals surface area contributed by atoms with E-state index in [0.29, 0.717) is 0 Å². The van der Waals surface area contributed by atoms with Gasteiger partial charge in [-0.2, -0.15) is 4.57 Å². The van der Waals surface area contributed by atoms with Gasteiger partial charge in [-0.05, 0) is 13.0 Å². The van der Waals surface area contributed by atoms with Crippen LogP contribution in [0.25, 0.3) is 0 Å². The lowest BCUT2D eigenvalue weighted by molar-refractivity contribution is -0.777.